The van der Waals surface area contributed by atoms with Gasteiger partial charge in [0, 0.05) is 32.7 Å². The lowest BCUT2D eigenvalue weighted by atomic mass is 10.0. The molecule has 2 aliphatic rings. The van der Waals surface area contributed by atoms with Crippen molar-refractivity contribution in [1.82, 2.24) is 24.5 Å². The van der Waals surface area contributed by atoms with Crippen molar-refractivity contribution in [2.75, 3.05) is 27.2 Å². The van der Waals surface area contributed by atoms with E-state index < -0.39 is 0 Å². The second-order valence-corrected chi connectivity index (χ2v) is 7.90. The average molecular weight is 381 g/mol. The van der Waals surface area contributed by atoms with E-state index in [-0.39, 0.29) is 24.0 Å². The highest BCUT2D eigenvalue weighted by molar-refractivity contribution is 5.98. The van der Waals surface area contributed by atoms with Crippen molar-refractivity contribution >= 4 is 11.9 Å². The summed E-state index contributed by atoms with van der Waals surface area (Å²) in [6.45, 7) is 5.36. The van der Waals surface area contributed by atoms with Crippen molar-refractivity contribution in [3.05, 3.63) is 47.3 Å². The van der Waals surface area contributed by atoms with Gasteiger partial charge in [-0.2, -0.15) is 5.10 Å². The van der Waals surface area contributed by atoms with Gasteiger partial charge in [0.1, 0.15) is 5.69 Å². The van der Waals surface area contributed by atoms with Gasteiger partial charge in [-0.05, 0) is 38.8 Å². The second kappa shape index (κ2) is 6.96. The van der Waals surface area contributed by atoms with E-state index in [9.17, 15) is 9.59 Å². The second-order valence-electron chi connectivity index (χ2n) is 7.90. The summed E-state index contributed by atoms with van der Waals surface area (Å²) in [5.41, 5.74) is 3.44. The summed E-state index contributed by atoms with van der Waals surface area (Å²) in [5, 5.41) is 4.65. The summed E-state index contributed by atoms with van der Waals surface area (Å²) in [5.74, 6) is 0.0103. The SMILES string of the molecule is Cc1nn(-c2ccccc2)c2c1C(C)N(C1CCCN(C(=O)N(C)C)C1)C2=O. The molecule has 0 saturated carbocycles. The molecule has 0 aliphatic carbocycles. The van der Waals surface area contributed by atoms with Gasteiger partial charge >= 0.3 is 6.03 Å². The maximum absolute atomic E-state index is 13.5. The van der Waals surface area contributed by atoms with E-state index in [4.69, 9.17) is 0 Å². The minimum atomic E-state index is -0.0422. The molecule has 3 amide bonds. The Morgan fingerprint density at radius 1 is 1.21 bits per heavy atom. The third kappa shape index (κ3) is 2.85. The van der Waals surface area contributed by atoms with Gasteiger partial charge < -0.3 is 14.7 Å². The number of aryl methyl sites for hydroxylation is 1. The van der Waals surface area contributed by atoms with Crippen LogP contribution in [-0.4, -0.2) is 69.6 Å². The predicted octanol–water partition coefficient (Wildman–Crippen LogP) is 2.84. The maximum Gasteiger partial charge on any atom is 0.319 e. The largest absolute Gasteiger partial charge is 0.331 e. The lowest BCUT2D eigenvalue weighted by Crippen LogP contribution is -2.52. The van der Waals surface area contributed by atoms with Crippen LogP contribution in [0, 0.1) is 6.92 Å². The Morgan fingerprint density at radius 3 is 2.61 bits per heavy atom. The van der Waals surface area contributed by atoms with Crippen LogP contribution in [0.2, 0.25) is 0 Å². The number of hydrogen-bond donors (Lipinski definition) is 0. The number of amides is 3. The zero-order chi connectivity index (χ0) is 20.0. The topological polar surface area (TPSA) is 61.7 Å². The molecule has 0 radical (unpaired) electrons. The van der Waals surface area contributed by atoms with Gasteiger partial charge in [-0.1, -0.05) is 18.2 Å². The highest BCUT2D eigenvalue weighted by Crippen LogP contribution is 2.39. The van der Waals surface area contributed by atoms with Gasteiger partial charge in [-0.15, -0.1) is 0 Å². The fraction of sp³-hybridized carbons (Fsp3) is 0.476. The van der Waals surface area contributed by atoms with Crippen LogP contribution >= 0.6 is 0 Å². The van der Waals surface area contributed by atoms with E-state index in [1.54, 1.807) is 23.7 Å². The molecule has 28 heavy (non-hydrogen) atoms. The summed E-state index contributed by atoms with van der Waals surface area (Å²) >= 11 is 0. The van der Waals surface area contributed by atoms with Gasteiger partial charge in [0.15, 0.2) is 0 Å². The lowest BCUT2D eigenvalue weighted by Gasteiger charge is -2.40. The number of nitrogens with zero attached hydrogens (tertiary/aromatic N) is 5. The highest BCUT2D eigenvalue weighted by atomic mass is 16.2. The van der Waals surface area contributed by atoms with Gasteiger partial charge in [0.25, 0.3) is 5.91 Å². The predicted molar refractivity (Wildman–Crippen MR) is 107 cm³/mol. The van der Waals surface area contributed by atoms with Gasteiger partial charge in [-0.3, -0.25) is 4.79 Å². The number of aromatic nitrogens is 2. The molecule has 1 aromatic heterocycles. The molecule has 2 unspecified atom stereocenters. The van der Waals surface area contributed by atoms with Crippen LogP contribution in [-0.2, 0) is 0 Å². The van der Waals surface area contributed by atoms with Crippen LogP contribution in [0.25, 0.3) is 5.69 Å². The number of hydrogen-bond acceptors (Lipinski definition) is 3. The van der Waals surface area contributed by atoms with E-state index in [2.05, 4.69) is 12.0 Å². The average Bonchev–Trinajstić information content (AvgIpc) is 3.17. The molecular formula is C21H27N5O2. The monoisotopic (exact) mass is 381 g/mol. The van der Waals surface area contributed by atoms with Crippen LogP contribution in [0.1, 0.15) is 47.6 Å². The van der Waals surface area contributed by atoms with Gasteiger partial charge in [0.05, 0.1) is 23.5 Å². The maximum atomic E-state index is 13.5. The molecule has 7 heteroatoms. The van der Waals surface area contributed by atoms with E-state index >= 15 is 0 Å². The first kappa shape index (κ1) is 18.5. The van der Waals surface area contributed by atoms with Gasteiger partial charge in [-0.25, -0.2) is 9.48 Å². The summed E-state index contributed by atoms with van der Waals surface area (Å²) in [4.78, 5) is 31.3. The summed E-state index contributed by atoms with van der Waals surface area (Å²) in [6.07, 6.45) is 1.82. The van der Waals surface area contributed by atoms with Crippen LogP contribution in [0.5, 0.6) is 0 Å². The van der Waals surface area contributed by atoms with Crippen molar-refractivity contribution in [3.8, 4) is 5.69 Å². The Morgan fingerprint density at radius 2 is 1.93 bits per heavy atom. The molecule has 0 spiro atoms. The Labute approximate surface area is 165 Å². The van der Waals surface area contributed by atoms with E-state index in [1.165, 1.54) is 0 Å². The van der Waals surface area contributed by atoms with E-state index in [1.807, 2.05) is 47.1 Å². The number of carbonyl (C=O) groups is 2. The molecule has 1 aromatic carbocycles. The smallest absolute Gasteiger partial charge is 0.319 e. The van der Waals surface area contributed by atoms with Crippen LogP contribution in [0.15, 0.2) is 30.3 Å². The van der Waals surface area contributed by atoms with Crippen LogP contribution in [0.3, 0.4) is 0 Å². The molecule has 148 valence electrons. The minimum Gasteiger partial charge on any atom is -0.331 e. The van der Waals surface area contributed by atoms with E-state index in [0.717, 1.165) is 36.3 Å². The molecule has 2 aliphatic heterocycles. The number of para-hydroxylation sites is 1. The molecule has 0 N–H and O–H groups in total. The Balaban J connectivity index is 1.66. The Hall–Kier alpha value is -2.83. The molecule has 2 aromatic rings. The molecule has 7 nitrogen and oxygen atoms in total. The fourth-order valence-corrected chi connectivity index (χ4v) is 4.56. The zero-order valence-electron chi connectivity index (χ0n) is 16.9. The number of urea groups is 1. The standard InChI is InChI=1S/C21H27N5O2/c1-14-18-15(2)25(17-11-8-12-24(13-17)21(28)23(3)4)20(27)19(18)26(22-14)16-9-6-5-7-10-16/h5-7,9-10,15,17H,8,11-13H2,1-4H3. The minimum absolute atomic E-state index is 0.00755. The van der Waals surface area contributed by atoms with E-state index in [0.29, 0.717) is 12.2 Å². The first-order chi connectivity index (χ1) is 13.4. The first-order valence-corrected chi connectivity index (χ1v) is 9.84. The zero-order valence-corrected chi connectivity index (χ0v) is 16.9. The number of rotatable bonds is 2. The molecule has 3 heterocycles. The quantitative estimate of drug-likeness (QED) is 0.804. The number of likely N-dealkylation sites (tertiary alicyclic amines) is 1. The van der Waals surface area contributed by atoms with Crippen molar-refractivity contribution in [2.24, 2.45) is 0 Å². The highest BCUT2D eigenvalue weighted by Gasteiger charge is 2.44. The summed E-state index contributed by atoms with van der Waals surface area (Å²) in [7, 11) is 3.53. The number of benzene rings is 1. The Kier molecular flexibility index (Phi) is 4.61. The Bertz CT molecular complexity index is 905. The third-order valence-corrected chi connectivity index (χ3v) is 5.82. The van der Waals surface area contributed by atoms with Crippen molar-refractivity contribution in [1.29, 1.82) is 0 Å². The molecule has 1 fully saturated rings. The molecular weight excluding hydrogens is 354 g/mol. The van der Waals surface area contributed by atoms with Crippen molar-refractivity contribution in [2.45, 2.75) is 38.8 Å². The summed E-state index contributed by atoms with van der Waals surface area (Å²) in [6, 6.07) is 9.77. The normalized spacial score (nSPS) is 21.8. The van der Waals surface area contributed by atoms with Crippen molar-refractivity contribution < 1.29 is 9.59 Å². The fourth-order valence-electron chi connectivity index (χ4n) is 4.56. The number of carbonyl (C=O) groups excluding carboxylic acids is 2. The lowest BCUT2D eigenvalue weighted by molar-refractivity contribution is 0.0500. The molecule has 0 bridgehead atoms. The van der Waals surface area contributed by atoms with Crippen LogP contribution in [0.4, 0.5) is 4.79 Å². The number of fused-ring (bicyclic) bond motifs is 1. The molecule has 4 rings (SSSR count). The summed E-state index contributed by atoms with van der Waals surface area (Å²) < 4.78 is 1.77. The van der Waals surface area contributed by atoms with Crippen LogP contribution < -0.4 is 0 Å². The van der Waals surface area contributed by atoms with Crippen molar-refractivity contribution in [3.63, 3.8) is 0 Å². The third-order valence-electron chi connectivity index (χ3n) is 5.82. The molecule has 2 atom stereocenters. The first-order valence-electron chi connectivity index (χ1n) is 9.84. The molecule has 1 saturated heterocycles. The van der Waals surface area contributed by atoms with Gasteiger partial charge in [0.2, 0.25) is 0 Å². The number of piperidine rings is 1.